The number of carbonyl (C=O) groups is 1. The Kier molecular flexibility index (Phi) is 5.45. The van der Waals surface area contributed by atoms with Crippen LogP contribution in [0.4, 0.5) is 5.69 Å². The highest BCUT2D eigenvalue weighted by Crippen LogP contribution is 2.23. The number of amides is 1. The summed E-state index contributed by atoms with van der Waals surface area (Å²) in [7, 11) is 0. The highest BCUT2D eigenvalue weighted by molar-refractivity contribution is 5.76. The van der Waals surface area contributed by atoms with Gasteiger partial charge in [0.05, 0.1) is 0 Å². The minimum atomic E-state index is 0.172. The van der Waals surface area contributed by atoms with Gasteiger partial charge < -0.3 is 11.1 Å². The lowest BCUT2D eigenvalue weighted by Crippen LogP contribution is -2.38. The first-order valence-corrected chi connectivity index (χ1v) is 7.79. The lowest BCUT2D eigenvalue weighted by molar-refractivity contribution is -0.122. The molecule has 2 rings (SSSR count). The number of hydrogen-bond donors (Lipinski definition) is 2. The minimum absolute atomic E-state index is 0.172. The van der Waals surface area contributed by atoms with E-state index in [-0.39, 0.29) is 5.91 Å². The molecular formula is C17H26N2O. The summed E-state index contributed by atoms with van der Waals surface area (Å²) in [6, 6.07) is 8.15. The molecule has 0 spiro atoms. The molecule has 2 atom stereocenters. The average molecular weight is 274 g/mol. The Labute approximate surface area is 121 Å². The molecule has 1 amide bonds. The fourth-order valence-corrected chi connectivity index (χ4v) is 2.99. The van der Waals surface area contributed by atoms with Gasteiger partial charge in [-0.2, -0.15) is 0 Å². The zero-order valence-electron chi connectivity index (χ0n) is 12.4. The largest absolute Gasteiger partial charge is 0.399 e. The molecule has 0 aliphatic heterocycles. The maximum absolute atomic E-state index is 12.1. The summed E-state index contributed by atoms with van der Waals surface area (Å²) in [5.41, 5.74) is 7.65. The van der Waals surface area contributed by atoms with Gasteiger partial charge in [0.1, 0.15) is 0 Å². The van der Waals surface area contributed by atoms with E-state index in [0.29, 0.717) is 18.4 Å². The molecule has 1 aromatic carbocycles. The third-order valence-electron chi connectivity index (χ3n) is 4.30. The van der Waals surface area contributed by atoms with E-state index in [2.05, 4.69) is 12.2 Å². The van der Waals surface area contributed by atoms with Crippen molar-refractivity contribution in [3.63, 3.8) is 0 Å². The molecule has 0 aromatic heterocycles. The monoisotopic (exact) mass is 274 g/mol. The number of aryl methyl sites for hydroxylation is 1. The molecule has 1 saturated carbocycles. The van der Waals surface area contributed by atoms with Crippen LogP contribution in [0.5, 0.6) is 0 Å². The number of nitrogens with one attached hydrogen (secondary N) is 1. The molecule has 0 saturated heterocycles. The zero-order valence-corrected chi connectivity index (χ0v) is 12.4. The Morgan fingerprint density at radius 3 is 2.90 bits per heavy atom. The summed E-state index contributed by atoms with van der Waals surface area (Å²) >= 11 is 0. The Hall–Kier alpha value is -1.51. The summed E-state index contributed by atoms with van der Waals surface area (Å²) in [4.78, 5) is 12.1. The van der Waals surface area contributed by atoms with E-state index in [1.807, 2.05) is 24.3 Å². The summed E-state index contributed by atoms with van der Waals surface area (Å²) in [5.74, 6) is 0.778. The normalized spacial score (nSPS) is 23.1. The first kappa shape index (κ1) is 14.9. The lowest BCUT2D eigenvalue weighted by atomic mass is 9.96. The van der Waals surface area contributed by atoms with Crippen LogP contribution in [0.1, 0.15) is 51.0 Å². The molecule has 3 heteroatoms. The number of benzene rings is 1. The van der Waals surface area contributed by atoms with Gasteiger partial charge in [-0.05, 0) is 42.9 Å². The fraction of sp³-hybridized carbons (Fsp3) is 0.588. The molecule has 0 bridgehead atoms. The third-order valence-corrected chi connectivity index (χ3v) is 4.30. The number of hydrogen-bond acceptors (Lipinski definition) is 2. The summed E-state index contributed by atoms with van der Waals surface area (Å²) in [5, 5.41) is 3.22. The molecule has 3 N–H and O–H groups in total. The Morgan fingerprint density at radius 2 is 2.10 bits per heavy atom. The van der Waals surface area contributed by atoms with E-state index in [9.17, 15) is 4.79 Å². The number of rotatable bonds is 4. The zero-order chi connectivity index (χ0) is 14.4. The minimum Gasteiger partial charge on any atom is -0.399 e. The summed E-state index contributed by atoms with van der Waals surface area (Å²) in [6.45, 7) is 2.26. The van der Waals surface area contributed by atoms with Crippen molar-refractivity contribution >= 4 is 11.6 Å². The van der Waals surface area contributed by atoms with E-state index >= 15 is 0 Å². The van der Waals surface area contributed by atoms with Crippen LogP contribution in [0.25, 0.3) is 0 Å². The second-order valence-electron chi connectivity index (χ2n) is 6.03. The van der Waals surface area contributed by atoms with Gasteiger partial charge in [0, 0.05) is 18.2 Å². The topological polar surface area (TPSA) is 55.1 Å². The molecule has 0 heterocycles. The number of nitrogens with two attached hydrogens (primary N) is 1. The predicted octanol–water partition coefficient (Wildman–Crippen LogP) is 3.29. The van der Waals surface area contributed by atoms with E-state index in [0.717, 1.165) is 24.1 Å². The quantitative estimate of drug-likeness (QED) is 0.654. The van der Waals surface area contributed by atoms with Crippen LogP contribution in [-0.4, -0.2) is 11.9 Å². The molecule has 1 fully saturated rings. The molecule has 1 aliphatic rings. The highest BCUT2D eigenvalue weighted by atomic mass is 16.1. The molecule has 2 unspecified atom stereocenters. The second-order valence-corrected chi connectivity index (χ2v) is 6.03. The van der Waals surface area contributed by atoms with E-state index in [4.69, 9.17) is 5.73 Å². The summed E-state index contributed by atoms with van der Waals surface area (Å²) in [6.07, 6.45) is 7.53. The predicted molar refractivity (Wildman–Crippen MR) is 83.4 cm³/mol. The highest BCUT2D eigenvalue weighted by Gasteiger charge is 2.21. The van der Waals surface area contributed by atoms with Crippen molar-refractivity contribution < 1.29 is 4.79 Å². The smallest absolute Gasteiger partial charge is 0.220 e. The van der Waals surface area contributed by atoms with Gasteiger partial charge in [0.15, 0.2) is 0 Å². The van der Waals surface area contributed by atoms with Crippen LogP contribution in [-0.2, 0) is 11.2 Å². The molecule has 1 aliphatic carbocycles. The van der Waals surface area contributed by atoms with Crippen molar-refractivity contribution in [1.29, 1.82) is 0 Å². The van der Waals surface area contributed by atoms with Crippen molar-refractivity contribution in [2.24, 2.45) is 5.92 Å². The fourth-order valence-electron chi connectivity index (χ4n) is 2.99. The maximum Gasteiger partial charge on any atom is 0.220 e. The standard InChI is InChI=1S/C17H26N2O/c1-13-6-3-2-4-9-16(13)19-17(20)11-10-14-7-5-8-15(18)12-14/h5,7-8,12-13,16H,2-4,6,9-11,18H2,1H3,(H,19,20). The van der Waals surface area contributed by atoms with Crippen LogP contribution in [0.2, 0.25) is 0 Å². The second kappa shape index (κ2) is 7.32. The van der Waals surface area contributed by atoms with Gasteiger partial charge in [-0.15, -0.1) is 0 Å². The lowest BCUT2D eigenvalue weighted by Gasteiger charge is -2.22. The summed E-state index contributed by atoms with van der Waals surface area (Å²) < 4.78 is 0. The Bertz CT molecular complexity index is 444. The van der Waals surface area contributed by atoms with E-state index in [1.54, 1.807) is 0 Å². The van der Waals surface area contributed by atoms with Gasteiger partial charge in [0.2, 0.25) is 5.91 Å². The van der Waals surface area contributed by atoms with Gasteiger partial charge in [0.25, 0.3) is 0 Å². The first-order valence-electron chi connectivity index (χ1n) is 7.79. The first-order chi connectivity index (χ1) is 9.65. The van der Waals surface area contributed by atoms with Crippen LogP contribution in [0.3, 0.4) is 0 Å². The average Bonchev–Trinajstić information content (AvgIpc) is 2.62. The van der Waals surface area contributed by atoms with E-state index < -0.39 is 0 Å². The van der Waals surface area contributed by atoms with Crippen molar-refractivity contribution in [3.8, 4) is 0 Å². The SMILES string of the molecule is CC1CCCCCC1NC(=O)CCc1cccc(N)c1. The van der Waals surface area contributed by atoms with Gasteiger partial charge in [-0.25, -0.2) is 0 Å². The molecule has 0 radical (unpaired) electrons. The van der Waals surface area contributed by atoms with Gasteiger partial charge in [-0.3, -0.25) is 4.79 Å². The van der Waals surface area contributed by atoms with Gasteiger partial charge in [-0.1, -0.05) is 38.3 Å². The molecule has 20 heavy (non-hydrogen) atoms. The van der Waals surface area contributed by atoms with Crippen molar-refractivity contribution in [1.82, 2.24) is 5.32 Å². The number of carbonyl (C=O) groups excluding carboxylic acids is 1. The van der Waals surface area contributed by atoms with Crippen molar-refractivity contribution in [2.45, 2.75) is 57.9 Å². The third kappa shape index (κ3) is 4.55. The number of nitrogen functional groups attached to an aromatic ring is 1. The number of anilines is 1. The maximum atomic E-state index is 12.1. The van der Waals surface area contributed by atoms with Crippen molar-refractivity contribution in [3.05, 3.63) is 29.8 Å². The van der Waals surface area contributed by atoms with Crippen LogP contribution in [0, 0.1) is 5.92 Å². The Morgan fingerprint density at radius 1 is 1.30 bits per heavy atom. The molecule has 3 nitrogen and oxygen atoms in total. The van der Waals surface area contributed by atoms with Gasteiger partial charge >= 0.3 is 0 Å². The van der Waals surface area contributed by atoms with Crippen molar-refractivity contribution in [2.75, 3.05) is 5.73 Å². The van der Waals surface area contributed by atoms with Crippen LogP contribution >= 0.6 is 0 Å². The molecule has 1 aromatic rings. The molecule has 110 valence electrons. The van der Waals surface area contributed by atoms with Crippen LogP contribution in [0.15, 0.2) is 24.3 Å². The Balaban J connectivity index is 1.80. The molecular weight excluding hydrogens is 248 g/mol. The van der Waals surface area contributed by atoms with Crippen LogP contribution < -0.4 is 11.1 Å². The van der Waals surface area contributed by atoms with E-state index in [1.165, 1.54) is 25.7 Å².